The number of pyridine rings is 1. The molecule has 1 aliphatic carbocycles. The molecule has 10 nitrogen and oxygen atoms in total. The second-order valence-corrected chi connectivity index (χ2v) is 13.7. The van der Waals surface area contributed by atoms with Crippen molar-refractivity contribution in [3.05, 3.63) is 34.9 Å². The van der Waals surface area contributed by atoms with Crippen LogP contribution in [0.25, 0.3) is 33.1 Å². The molecule has 4 aromatic rings. The lowest BCUT2D eigenvalue weighted by molar-refractivity contribution is -0.0248. The minimum Gasteiger partial charge on any atom is -0.461 e. The van der Waals surface area contributed by atoms with E-state index in [9.17, 15) is 4.39 Å². The summed E-state index contributed by atoms with van der Waals surface area (Å²) in [6, 6.07) is 1.93. The van der Waals surface area contributed by atoms with Crippen LogP contribution in [0.3, 0.4) is 0 Å². The summed E-state index contributed by atoms with van der Waals surface area (Å²) >= 11 is 6.92. The molecule has 10 rings (SSSR count). The second kappa shape index (κ2) is 10.7. The summed E-state index contributed by atoms with van der Waals surface area (Å²) in [5.74, 6) is 0.496. The number of morpholine rings is 1. The van der Waals surface area contributed by atoms with Gasteiger partial charge in [-0.25, -0.2) is 8.78 Å². The highest BCUT2D eigenvalue weighted by atomic mass is 35.5. The van der Waals surface area contributed by atoms with Crippen LogP contribution in [-0.4, -0.2) is 100 Å². The third-order valence-electron chi connectivity index (χ3n) is 10.5. The highest BCUT2D eigenvalue weighted by Crippen LogP contribution is 2.56. The van der Waals surface area contributed by atoms with Crippen molar-refractivity contribution in [1.29, 1.82) is 0 Å². The van der Waals surface area contributed by atoms with E-state index in [0.29, 0.717) is 79.1 Å². The van der Waals surface area contributed by atoms with Crippen LogP contribution < -0.4 is 9.64 Å². The predicted molar refractivity (Wildman–Crippen MR) is 164 cm³/mol. The van der Waals surface area contributed by atoms with Gasteiger partial charge in [-0.05, 0) is 55.7 Å². The quantitative estimate of drug-likeness (QED) is 0.331. The molecule has 8 heterocycles. The summed E-state index contributed by atoms with van der Waals surface area (Å²) in [6.45, 7) is 4.13. The molecule has 4 fully saturated rings. The van der Waals surface area contributed by atoms with Gasteiger partial charge in [0, 0.05) is 54.8 Å². The van der Waals surface area contributed by atoms with Crippen molar-refractivity contribution >= 4 is 39.2 Å². The Morgan fingerprint density at radius 3 is 3.02 bits per heavy atom. The first-order valence-electron chi connectivity index (χ1n) is 16.0. The van der Waals surface area contributed by atoms with Gasteiger partial charge in [0.15, 0.2) is 5.82 Å². The van der Waals surface area contributed by atoms with E-state index in [1.54, 1.807) is 12.4 Å². The van der Waals surface area contributed by atoms with E-state index in [0.717, 1.165) is 43.2 Å². The fourth-order valence-corrected chi connectivity index (χ4v) is 8.57. The SMILES string of the molecule is Fc1c2ncc3c(nc(OC[C@@]45CCCN4C[C@H](F)C5)nc13)N1CCO[C@@H](COCC[C@@H]3C[C@@H]3c3c(Cl)cc4[nH]ncc4c3-2)C1. The molecule has 45 heavy (non-hydrogen) atoms. The number of anilines is 1. The van der Waals surface area contributed by atoms with E-state index >= 15 is 4.39 Å². The minimum absolute atomic E-state index is 0.0690. The van der Waals surface area contributed by atoms with Gasteiger partial charge in [0.05, 0.1) is 42.0 Å². The fraction of sp³-hybridized carbons (Fsp3) is 0.562. The molecule has 1 saturated carbocycles. The van der Waals surface area contributed by atoms with Gasteiger partial charge in [-0.3, -0.25) is 15.0 Å². The van der Waals surface area contributed by atoms with Crippen molar-refractivity contribution in [2.75, 3.05) is 57.5 Å². The van der Waals surface area contributed by atoms with Crippen LogP contribution >= 0.6 is 11.6 Å². The van der Waals surface area contributed by atoms with Gasteiger partial charge in [0.1, 0.15) is 29.8 Å². The van der Waals surface area contributed by atoms with Crippen molar-refractivity contribution in [3.63, 3.8) is 0 Å². The number of hydrogen-bond donors (Lipinski definition) is 1. The second-order valence-electron chi connectivity index (χ2n) is 13.3. The van der Waals surface area contributed by atoms with E-state index in [1.165, 1.54) is 0 Å². The van der Waals surface area contributed by atoms with Gasteiger partial charge < -0.3 is 19.1 Å². The van der Waals surface area contributed by atoms with Gasteiger partial charge >= 0.3 is 6.01 Å². The first kappa shape index (κ1) is 28.1. The highest BCUT2D eigenvalue weighted by Gasteiger charge is 2.49. The van der Waals surface area contributed by atoms with E-state index in [2.05, 4.69) is 25.0 Å². The summed E-state index contributed by atoms with van der Waals surface area (Å²) in [7, 11) is 0. The highest BCUT2D eigenvalue weighted by molar-refractivity contribution is 6.33. The number of hydrogen-bond acceptors (Lipinski definition) is 9. The lowest BCUT2D eigenvalue weighted by Gasteiger charge is -2.34. The molecule has 0 unspecified atom stereocenters. The smallest absolute Gasteiger partial charge is 0.319 e. The van der Waals surface area contributed by atoms with E-state index in [-0.39, 0.29) is 35.8 Å². The van der Waals surface area contributed by atoms with Crippen LogP contribution in [0.15, 0.2) is 18.5 Å². The van der Waals surface area contributed by atoms with Crippen molar-refractivity contribution < 1.29 is 23.0 Å². The molecule has 6 aliphatic rings. The molecule has 13 heteroatoms. The Hall–Kier alpha value is -3.19. The molecule has 0 amide bonds. The summed E-state index contributed by atoms with van der Waals surface area (Å²) in [5.41, 5.74) is 2.14. The number of ether oxygens (including phenoxy) is 3. The molecule has 3 saturated heterocycles. The molecule has 0 radical (unpaired) electrons. The van der Waals surface area contributed by atoms with Gasteiger partial charge in [-0.2, -0.15) is 15.1 Å². The molecule has 5 aliphatic heterocycles. The van der Waals surface area contributed by atoms with Gasteiger partial charge in [0.25, 0.3) is 0 Å². The Morgan fingerprint density at radius 2 is 2.09 bits per heavy atom. The molecule has 1 aromatic carbocycles. The first-order valence-corrected chi connectivity index (χ1v) is 16.3. The predicted octanol–water partition coefficient (Wildman–Crippen LogP) is 5.04. The van der Waals surface area contributed by atoms with Crippen molar-refractivity contribution in [2.45, 2.75) is 55.8 Å². The zero-order valence-corrected chi connectivity index (χ0v) is 25.5. The Bertz CT molecular complexity index is 1810. The van der Waals surface area contributed by atoms with Crippen molar-refractivity contribution in [1.82, 2.24) is 30.0 Å². The largest absolute Gasteiger partial charge is 0.461 e. The van der Waals surface area contributed by atoms with Crippen LogP contribution in [-0.2, 0) is 9.47 Å². The maximum absolute atomic E-state index is 17.0. The summed E-state index contributed by atoms with van der Waals surface area (Å²) in [4.78, 5) is 18.5. The molecule has 0 spiro atoms. The van der Waals surface area contributed by atoms with Crippen LogP contribution in [0.1, 0.15) is 43.6 Å². The molecule has 3 aromatic heterocycles. The normalized spacial score (nSPS) is 29.8. The Kier molecular flexibility index (Phi) is 6.66. The van der Waals surface area contributed by atoms with E-state index in [4.69, 9.17) is 35.8 Å². The van der Waals surface area contributed by atoms with Crippen LogP contribution in [0.2, 0.25) is 5.02 Å². The van der Waals surface area contributed by atoms with Gasteiger partial charge in [-0.15, -0.1) is 0 Å². The summed E-state index contributed by atoms with van der Waals surface area (Å²) < 4.78 is 50.0. The summed E-state index contributed by atoms with van der Waals surface area (Å²) in [6.07, 6.45) is 6.38. The zero-order chi connectivity index (χ0) is 30.3. The number of aromatic nitrogens is 5. The first-order chi connectivity index (χ1) is 22.0. The third kappa shape index (κ3) is 4.66. The lowest BCUT2D eigenvalue weighted by Crippen LogP contribution is -2.45. The number of aromatic amines is 1. The van der Waals surface area contributed by atoms with E-state index in [1.807, 2.05) is 6.07 Å². The minimum atomic E-state index is -0.884. The molecule has 5 atom stereocenters. The van der Waals surface area contributed by atoms with Crippen molar-refractivity contribution in [3.8, 4) is 17.3 Å². The number of H-pyrrole nitrogens is 1. The average molecular weight is 638 g/mol. The van der Waals surface area contributed by atoms with Crippen molar-refractivity contribution in [2.24, 2.45) is 5.92 Å². The average Bonchev–Trinajstić information content (AvgIpc) is 3.28. The third-order valence-corrected chi connectivity index (χ3v) is 10.8. The number of nitrogens with zero attached hydrogens (tertiary/aromatic N) is 6. The fourth-order valence-electron chi connectivity index (χ4n) is 8.22. The lowest BCUT2D eigenvalue weighted by atomic mass is 9.94. The standard InChI is InChI=1S/C32H34ClF2N7O3/c33-23-9-24-21(12-37-40-24)26-25(23)20-8-17(20)2-6-43-15-19-14-41(5-7-44-19)30-22-11-36-29(26)27(35)28(22)38-31(39-30)45-16-32-3-1-4-42(32)13-18(34)10-32/h9,11-12,17-20H,1-8,10,13-16H2,(H,37,40)/t17-,18-,19-,20+,32+/m1/s1. The van der Waals surface area contributed by atoms with E-state index < -0.39 is 17.5 Å². The van der Waals surface area contributed by atoms with Gasteiger partial charge in [0.2, 0.25) is 0 Å². The Balaban J connectivity index is 1.21. The summed E-state index contributed by atoms with van der Waals surface area (Å²) in [5, 5.41) is 9.04. The number of halogens is 3. The molecule has 6 bridgehead atoms. The molecular formula is C32H34ClF2N7O3. The monoisotopic (exact) mass is 637 g/mol. The Morgan fingerprint density at radius 1 is 1.16 bits per heavy atom. The zero-order valence-electron chi connectivity index (χ0n) is 24.8. The Labute approximate surface area is 263 Å². The maximum Gasteiger partial charge on any atom is 0.319 e. The number of rotatable bonds is 3. The molecular weight excluding hydrogens is 604 g/mol. The van der Waals surface area contributed by atoms with Crippen LogP contribution in [0.5, 0.6) is 6.01 Å². The topological polar surface area (TPSA) is 102 Å². The van der Waals surface area contributed by atoms with Gasteiger partial charge in [-0.1, -0.05) is 11.6 Å². The number of benzene rings is 1. The number of fused-ring (bicyclic) bond motifs is 6. The molecule has 1 N–H and O–H groups in total. The maximum atomic E-state index is 17.0. The van der Waals surface area contributed by atoms with Crippen LogP contribution in [0, 0.1) is 11.7 Å². The molecule has 236 valence electrons. The number of nitrogens with one attached hydrogen (secondary N) is 1. The number of alkyl halides is 1. The van der Waals surface area contributed by atoms with Crippen LogP contribution in [0.4, 0.5) is 14.6 Å².